The van der Waals surface area contributed by atoms with Crippen molar-refractivity contribution in [2.24, 2.45) is 0 Å². The van der Waals surface area contributed by atoms with Crippen molar-refractivity contribution in [3.05, 3.63) is 75.8 Å². The monoisotopic (exact) mass is 440 g/mol. The quantitative estimate of drug-likeness (QED) is 0.387. The number of benzene rings is 3. The zero-order valence-corrected chi connectivity index (χ0v) is 17.8. The summed E-state index contributed by atoms with van der Waals surface area (Å²) in [5, 5.41) is 3.71. The Morgan fingerprint density at radius 2 is 1.90 bits per heavy atom. The molecule has 0 saturated carbocycles. The molecule has 1 aromatic heterocycles. The van der Waals surface area contributed by atoms with Crippen molar-refractivity contribution >= 4 is 45.9 Å². The molecule has 0 aliphatic rings. The normalized spacial score (nSPS) is 10.9. The van der Waals surface area contributed by atoms with Crippen molar-refractivity contribution in [2.75, 3.05) is 11.9 Å². The Balaban J connectivity index is 1.47. The Labute approximate surface area is 183 Å². The molecular formula is C23H18Cl2N2O3. The average molecular weight is 441 g/mol. The molecule has 152 valence electrons. The van der Waals surface area contributed by atoms with Gasteiger partial charge in [0.25, 0.3) is 5.91 Å². The Bertz CT molecular complexity index is 1250. The largest absolute Gasteiger partial charge is 0.483 e. The van der Waals surface area contributed by atoms with Crippen LogP contribution in [0.3, 0.4) is 0 Å². The first-order valence-corrected chi connectivity index (χ1v) is 10.0. The third-order valence-electron chi connectivity index (χ3n) is 4.75. The number of aromatic nitrogens is 1. The van der Waals surface area contributed by atoms with Crippen LogP contribution in [0.25, 0.3) is 22.6 Å². The van der Waals surface area contributed by atoms with Crippen LogP contribution in [-0.2, 0) is 4.79 Å². The van der Waals surface area contributed by atoms with E-state index < -0.39 is 0 Å². The van der Waals surface area contributed by atoms with E-state index in [0.29, 0.717) is 44.0 Å². The smallest absolute Gasteiger partial charge is 0.262 e. The van der Waals surface area contributed by atoms with Crippen molar-refractivity contribution in [1.82, 2.24) is 4.98 Å². The lowest BCUT2D eigenvalue weighted by atomic mass is 10.1. The van der Waals surface area contributed by atoms with Crippen molar-refractivity contribution in [3.8, 4) is 17.2 Å². The van der Waals surface area contributed by atoms with Gasteiger partial charge in [-0.1, -0.05) is 35.3 Å². The molecule has 1 amide bonds. The van der Waals surface area contributed by atoms with Gasteiger partial charge >= 0.3 is 0 Å². The molecular weight excluding hydrogens is 423 g/mol. The van der Waals surface area contributed by atoms with Gasteiger partial charge in [0.05, 0.1) is 10.0 Å². The van der Waals surface area contributed by atoms with E-state index in [-0.39, 0.29) is 12.5 Å². The molecule has 4 rings (SSSR count). The lowest BCUT2D eigenvalue weighted by Gasteiger charge is -2.11. The number of aryl methyl sites for hydroxylation is 1. The number of amides is 1. The standard InChI is InChI=1S/C23H18Cl2N2O3/c1-13-4-3-5-20(14(13)2)29-12-22(28)26-16-7-9-21-19(11-16)27-23(30-21)15-6-8-17(24)18(25)10-15/h3-11H,12H2,1-2H3,(H,26,28). The van der Waals surface area contributed by atoms with E-state index in [0.717, 1.165) is 11.1 Å². The molecule has 0 spiro atoms. The van der Waals surface area contributed by atoms with Crippen molar-refractivity contribution in [1.29, 1.82) is 0 Å². The maximum atomic E-state index is 12.3. The number of hydrogen-bond donors (Lipinski definition) is 1. The molecule has 0 aliphatic carbocycles. The minimum atomic E-state index is -0.261. The number of ether oxygens (including phenoxy) is 1. The van der Waals surface area contributed by atoms with Crippen LogP contribution in [0.1, 0.15) is 11.1 Å². The van der Waals surface area contributed by atoms with Gasteiger partial charge in [-0.3, -0.25) is 4.79 Å². The highest BCUT2D eigenvalue weighted by Crippen LogP contribution is 2.31. The molecule has 0 bridgehead atoms. The predicted octanol–water partition coefficient (Wildman–Crippen LogP) is 6.44. The number of carbonyl (C=O) groups is 1. The van der Waals surface area contributed by atoms with Crippen LogP contribution >= 0.6 is 23.2 Å². The van der Waals surface area contributed by atoms with E-state index in [1.54, 1.807) is 36.4 Å². The summed E-state index contributed by atoms with van der Waals surface area (Å²) in [6.45, 7) is 3.88. The first-order valence-electron chi connectivity index (χ1n) is 9.25. The Hall–Kier alpha value is -3.02. The number of nitrogens with zero attached hydrogens (tertiary/aromatic N) is 1. The van der Waals surface area contributed by atoms with Crippen LogP contribution in [0.2, 0.25) is 10.0 Å². The fraction of sp³-hybridized carbons (Fsp3) is 0.130. The molecule has 0 atom stereocenters. The second kappa shape index (κ2) is 8.38. The van der Waals surface area contributed by atoms with E-state index in [1.165, 1.54) is 0 Å². The average Bonchev–Trinajstić information content (AvgIpc) is 3.14. The molecule has 0 aliphatic heterocycles. The van der Waals surface area contributed by atoms with Crippen LogP contribution in [0, 0.1) is 13.8 Å². The van der Waals surface area contributed by atoms with Gasteiger partial charge in [0.15, 0.2) is 12.2 Å². The number of rotatable bonds is 5. The molecule has 0 unspecified atom stereocenters. The van der Waals surface area contributed by atoms with E-state index >= 15 is 0 Å². The summed E-state index contributed by atoms with van der Waals surface area (Å²) in [5.74, 6) is 0.858. The lowest BCUT2D eigenvalue weighted by molar-refractivity contribution is -0.118. The summed E-state index contributed by atoms with van der Waals surface area (Å²) in [4.78, 5) is 16.8. The van der Waals surface area contributed by atoms with Gasteiger partial charge < -0.3 is 14.5 Å². The zero-order valence-electron chi connectivity index (χ0n) is 16.3. The zero-order chi connectivity index (χ0) is 21.3. The van der Waals surface area contributed by atoms with Crippen LogP contribution in [0.4, 0.5) is 5.69 Å². The molecule has 30 heavy (non-hydrogen) atoms. The summed E-state index contributed by atoms with van der Waals surface area (Å²) in [5.41, 5.74) is 4.66. The van der Waals surface area contributed by atoms with Crippen LogP contribution in [-0.4, -0.2) is 17.5 Å². The van der Waals surface area contributed by atoms with Crippen molar-refractivity contribution < 1.29 is 13.9 Å². The number of oxazole rings is 1. The fourth-order valence-corrected chi connectivity index (χ4v) is 3.28. The summed E-state index contributed by atoms with van der Waals surface area (Å²) < 4.78 is 11.4. The van der Waals surface area contributed by atoms with Gasteiger partial charge in [-0.25, -0.2) is 4.98 Å². The SMILES string of the molecule is Cc1cccc(OCC(=O)Nc2ccc3oc(-c4ccc(Cl)c(Cl)c4)nc3c2)c1C. The van der Waals surface area contributed by atoms with Gasteiger partial charge in [-0.2, -0.15) is 0 Å². The van der Waals surface area contributed by atoms with E-state index in [1.807, 2.05) is 32.0 Å². The molecule has 1 N–H and O–H groups in total. The van der Waals surface area contributed by atoms with E-state index in [9.17, 15) is 4.79 Å². The maximum Gasteiger partial charge on any atom is 0.262 e. The molecule has 4 aromatic rings. The summed E-state index contributed by atoms with van der Waals surface area (Å²) >= 11 is 12.0. The van der Waals surface area contributed by atoms with Crippen molar-refractivity contribution in [3.63, 3.8) is 0 Å². The molecule has 0 saturated heterocycles. The molecule has 0 fully saturated rings. The van der Waals surface area contributed by atoms with Crippen LogP contribution < -0.4 is 10.1 Å². The molecule has 7 heteroatoms. The van der Waals surface area contributed by atoms with Crippen molar-refractivity contribution in [2.45, 2.75) is 13.8 Å². The van der Waals surface area contributed by atoms with E-state index in [4.69, 9.17) is 32.4 Å². The van der Waals surface area contributed by atoms with Gasteiger partial charge in [0.2, 0.25) is 5.89 Å². The van der Waals surface area contributed by atoms with Gasteiger partial charge in [-0.05, 0) is 67.4 Å². The summed E-state index contributed by atoms with van der Waals surface area (Å²) in [6, 6.07) is 16.2. The molecule has 0 radical (unpaired) electrons. The number of carbonyl (C=O) groups excluding carboxylic acids is 1. The minimum Gasteiger partial charge on any atom is -0.483 e. The number of anilines is 1. The number of fused-ring (bicyclic) bond motifs is 1. The lowest BCUT2D eigenvalue weighted by Crippen LogP contribution is -2.20. The second-order valence-electron chi connectivity index (χ2n) is 6.87. The molecule has 3 aromatic carbocycles. The van der Waals surface area contributed by atoms with Crippen LogP contribution in [0.5, 0.6) is 5.75 Å². The first-order chi connectivity index (χ1) is 14.4. The van der Waals surface area contributed by atoms with Gasteiger partial charge in [-0.15, -0.1) is 0 Å². The molecule has 5 nitrogen and oxygen atoms in total. The highest BCUT2D eigenvalue weighted by Gasteiger charge is 2.12. The van der Waals surface area contributed by atoms with Gasteiger partial charge in [0.1, 0.15) is 11.3 Å². The third-order valence-corrected chi connectivity index (χ3v) is 5.49. The first kappa shape index (κ1) is 20.3. The fourth-order valence-electron chi connectivity index (χ4n) is 2.98. The predicted molar refractivity (Wildman–Crippen MR) is 120 cm³/mol. The minimum absolute atomic E-state index is 0.0876. The molecule has 1 heterocycles. The second-order valence-corrected chi connectivity index (χ2v) is 7.68. The highest BCUT2D eigenvalue weighted by molar-refractivity contribution is 6.42. The topological polar surface area (TPSA) is 64.4 Å². The number of halogens is 2. The number of nitrogens with one attached hydrogen (secondary N) is 1. The third kappa shape index (κ3) is 4.27. The van der Waals surface area contributed by atoms with E-state index in [2.05, 4.69) is 10.3 Å². The summed E-state index contributed by atoms with van der Waals surface area (Å²) in [6.07, 6.45) is 0. The van der Waals surface area contributed by atoms with Gasteiger partial charge in [0, 0.05) is 11.3 Å². The Morgan fingerprint density at radius 3 is 2.70 bits per heavy atom. The summed E-state index contributed by atoms with van der Waals surface area (Å²) in [7, 11) is 0. The Morgan fingerprint density at radius 1 is 1.07 bits per heavy atom. The maximum absolute atomic E-state index is 12.3. The Kier molecular flexibility index (Phi) is 5.66. The van der Waals surface area contributed by atoms with Crippen LogP contribution in [0.15, 0.2) is 59.0 Å². The highest BCUT2D eigenvalue weighted by atomic mass is 35.5. The number of hydrogen-bond acceptors (Lipinski definition) is 4.